The third-order valence-electron chi connectivity index (χ3n) is 5.17. The molecule has 0 bridgehead atoms. The van der Waals surface area contributed by atoms with Crippen LogP contribution in [0, 0.1) is 0 Å². The second kappa shape index (κ2) is 6.94. The van der Waals surface area contributed by atoms with Gasteiger partial charge in [0.15, 0.2) is 11.4 Å². The first-order chi connectivity index (χ1) is 14.4. The molecule has 3 heterocycles. The van der Waals surface area contributed by atoms with E-state index < -0.39 is 42.2 Å². The van der Waals surface area contributed by atoms with Crippen molar-refractivity contribution < 1.29 is 36.6 Å². The summed E-state index contributed by atoms with van der Waals surface area (Å²) in [7, 11) is 0. The van der Waals surface area contributed by atoms with Gasteiger partial charge in [-0.15, -0.1) is 10.2 Å². The molecule has 2 aromatic heterocycles. The lowest BCUT2D eigenvalue weighted by molar-refractivity contribution is -0.250. The van der Waals surface area contributed by atoms with Crippen molar-refractivity contribution in [2.45, 2.75) is 24.4 Å². The van der Waals surface area contributed by atoms with Gasteiger partial charge in [0.25, 0.3) is 0 Å². The Kier molecular flexibility index (Phi) is 4.72. The fraction of sp³-hybridized carbons (Fsp3) is 0.316. The third kappa shape index (κ3) is 3.60. The Morgan fingerprint density at radius 3 is 2.39 bits per heavy atom. The number of phenolic OH excluding ortho intramolecular Hbond substituents is 1. The lowest BCUT2D eigenvalue weighted by atomic mass is 10.0. The fourth-order valence-corrected chi connectivity index (χ4v) is 3.50. The average molecular weight is 444 g/mol. The number of alkyl halides is 6. The van der Waals surface area contributed by atoms with Crippen LogP contribution in [0.5, 0.6) is 5.75 Å². The number of halogens is 6. The maximum atomic E-state index is 13.2. The summed E-state index contributed by atoms with van der Waals surface area (Å²) in [5, 5.41) is 28.2. The molecule has 0 spiro atoms. The van der Waals surface area contributed by atoms with Gasteiger partial charge in [0.2, 0.25) is 0 Å². The Labute approximate surface area is 170 Å². The van der Waals surface area contributed by atoms with E-state index in [2.05, 4.69) is 15.2 Å². The zero-order valence-corrected chi connectivity index (χ0v) is 15.5. The number of aromatic hydroxyl groups is 1. The van der Waals surface area contributed by atoms with E-state index in [0.29, 0.717) is 6.07 Å². The Bertz CT molecular complexity index is 1150. The molecule has 0 saturated carbocycles. The summed E-state index contributed by atoms with van der Waals surface area (Å²) in [6.45, 7) is -0.914. The van der Waals surface area contributed by atoms with Crippen LogP contribution in [0.1, 0.15) is 12.0 Å². The van der Waals surface area contributed by atoms with Crippen LogP contribution in [0.15, 0.2) is 36.5 Å². The summed E-state index contributed by atoms with van der Waals surface area (Å²) < 4.78 is 78.1. The van der Waals surface area contributed by atoms with Gasteiger partial charge >= 0.3 is 12.4 Å². The molecule has 1 fully saturated rings. The highest BCUT2D eigenvalue weighted by Crippen LogP contribution is 2.42. The van der Waals surface area contributed by atoms with E-state index in [1.54, 1.807) is 0 Å². The summed E-state index contributed by atoms with van der Waals surface area (Å²) >= 11 is 0. The summed E-state index contributed by atoms with van der Waals surface area (Å²) in [6.07, 6.45) is -8.67. The number of fused-ring (bicyclic) bond motifs is 1. The van der Waals surface area contributed by atoms with E-state index in [0.717, 1.165) is 12.1 Å². The molecule has 164 valence electrons. The molecule has 31 heavy (non-hydrogen) atoms. The summed E-state index contributed by atoms with van der Waals surface area (Å²) in [5.41, 5.74) is -3.84. The zero-order chi connectivity index (χ0) is 22.6. The lowest BCUT2D eigenvalue weighted by Gasteiger charge is -2.26. The van der Waals surface area contributed by atoms with Crippen molar-refractivity contribution in [3.63, 3.8) is 0 Å². The van der Waals surface area contributed by atoms with Crippen LogP contribution in [0.3, 0.4) is 0 Å². The van der Waals surface area contributed by atoms with Gasteiger partial charge in [0.05, 0.1) is 12.1 Å². The van der Waals surface area contributed by atoms with Crippen molar-refractivity contribution in [3.8, 4) is 17.0 Å². The van der Waals surface area contributed by atoms with Gasteiger partial charge in [0, 0.05) is 30.1 Å². The molecular weight excluding hydrogens is 430 g/mol. The molecule has 0 unspecified atom stereocenters. The fourth-order valence-electron chi connectivity index (χ4n) is 3.50. The number of β-amino-alcohol motifs (C(OH)–C–C–N with tert-alkyl or cyclic N) is 1. The molecule has 1 aliphatic heterocycles. The van der Waals surface area contributed by atoms with Crippen molar-refractivity contribution >= 4 is 16.7 Å². The van der Waals surface area contributed by atoms with Gasteiger partial charge < -0.3 is 15.1 Å². The minimum Gasteiger partial charge on any atom is -0.507 e. The smallest absolute Gasteiger partial charge is 0.418 e. The molecule has 6 nitrogen and oxygen atoms in total. The lowest BCUT2D eigenvalue weighted by Crippen LogP contribution is -2.47. The number of anilines is 1. The van der Waals surface area contributed by atoms with E-state index in [9.17, 15) is 36.6 Å². The van der Waals surface area contributed by atoms with E-state index in [1.165, 1.54) is 23.2 Å². The van der Waals surface area contributed by atoms with Crippen molar-refractivity contribution in [1.29, 1.82) is 0 Å². The minimum atomic E-state index is -4.83. The molecule has 12 heteroatoms. The van der Waals surface area contributed by atoms with Gasteiger partial charge in [-0.3, -0.25) is 4.98 Å². The SMILES string of the molecule is Oc1cc(C(F)(F)F)ccc1-c1nnc(N2CC[C@](O)(C(F)(F)F)C2)c2ncccc12. The number of hydrogen-bond acceptors (Lipinski definition) is 6. The van der Waals surface area contributed by atoms with Crippen molar-refractivity contribution in [2.75, 3.05) is 18.0 Å². The maximum Gasteiger partial charge on any atom is 0.418 e. The first-order valence-corrected chi connectivity index (χ1v) is 8.97. The highest BCUT2D eigenvalue weighted by molar-refractivity contribution is 5.98. The van der Waals surface area contributed by atoms with Gasteiger partial charge in [-0.25, -0.2) is 0 Å². The second-order valence-corrected chi connectivity index (χ2v) is 7.20. The van der Waals surface area contributed by atoms with Gasteiger partial charge in [-0.05, 0) is 30.3 Å². The highest BCUT2D eigenvalue weighted by Gasteiger charge is 2.57. The number of nitrogens with zero attached hydrogens (tertiary/aromatic N) is 4. The van der Waals surface area contributed by atoms with Crippen LogP contribution in [0.4, 0.5) is 32.2 Å². The normalized spacial score (nSPS) is 19.9. The molecule has 1 atom stereocenters. The second-order valence-electron chi connectivity index (χ2n) is 7.20. The number of pyridine rings is 1. The molecule has 0 amide bonds. The monoisotopic (exact) mass is 444 g/mol. The zero-order valence-electron chi connectivity index (χ0n) is 15.5. The van der Waals surface area contributed by atoms with Crippen molar-refractivity contribution in [2.24, 2.45) is 0 Å². The van der Waals surface area contributed by atoms with E-state index >= 15 is 0 Å². The van der Waals surface area contributed by atoms with Crippen LogP contribution in [-0.4, -0.2) is 50.3 Å². The molecule has 2 N–H and O–H groups in total. The van der Waals surface area contributed by atoms with Crippen LogP contribution in [-0.2, 0) is 6.18 Å². The third-order valence-corrected chi connectivity index (χ3v) is 5.17. The first-order valence-electron chi connectivity index (χ1n) is 8.97. The molecule has 3 aromatic rings. The van der Waals surface area contributed by atoms with E-state index in [4.69, 9.17) is 0 Å². The van der Waals surface area contributed by atoms with E-state index in [-0.39, 0.29) is 34.5 Å². The quantitative estimate of drug-likeness (QED) is 0.584. The summed E-state index contributed by atoms with van der Waals surface area (Å²) in [4.78, 5) is 5.34. The largest absolute Gasteiger partial charge is 0.507 e. The van der Waals surface area contributed by atoms with Gasteiger partial charge in [-0.1, -0.05) is 0 Å². The van der Waals surface area contributed by atoms with Crippen LogP contribution < -0.4 is 4.90 Å². The minimum absolute atomic E-state index is 0.00840. The molecule has 1 saturated heterocycles. The number of phenols is 1. The van der Waals surface area contributed by atoms with Crippen molar-refractivity contribution in [3.05, 3.63) is 42.1 Å². The Balaban J connectivity index is 1.79. The average Bonchev–Trinajstić information content (AvgIpc) is 3.10. The number of aliphatic hydroxyl groups is 1. The van der Waals surface area contributed by atoms with Gasteiger partial charge in [-0.2, -0.15) is 26.3 Å². The Hall–Kier alpha value is -3.15. The number of aromatic nitrogens is 3. The predicted octanol–water partition coefficient (Wildman–Crippen LogP) is 3.92. The Morgan fingerprint density at radius 2 is 1.77 bits per heavy atom. The molecule has 4 rings (SSSR count). The number of benzene rings is 1. The summed E-state index contributed by atoms with van der Waals surface area (Å²) in [5.74, 6) is -0.694. The Morgan fingerprint density at radius 1 is 1.03 bits per heavy atom. The van der Waals surface area contributed by atoms with Crippen LogP contribution in [0.25, 0.3) is 22.2 Å². The molecule has 0 aliphatic carbocycles. The molecule has 1 aliphatic rings. The van der Waals surface area contributed by atoms with Gasteiger partial charge in [0.1, 0.15) is 17.0 Å². The number of hydrogen-bond donors (Lipinski definition) is 2. The molecule has 1 aromatic carbocycles. The van der Waals surface area contributed by atoms with E-state index in [1.807, 2.05) is 0 Å². The predicted molar refractivity (Wildman–Crippen MR) is 97.3 cm³/mol. The highest BCUT2D eigenvalue weighted by atomic mass is 19.4. The summed E-state index contributed by atoms with van der Waals surface area (Å²) in [6, 6.07) is 5.38. The maximum absolute atomic E-state index is 13.2. The molecule has 0 radical (unpaired) electrons. The number of rotatable bonds is 2. The molecular formula is C19H14F6N4O2. The van der Waals surface area contributed by atoms with Crippen LogP contribution >= 0.6 is 0 Å². The van der Waals surface area contributed by atoms with Crippen molar-refractivity contribution in [1.82, 2.24) is 15.2 Å². The topological polar surface area (TPSA) is 82.4 Å². The van der Waals surface area contributed by atoms with Crippen LogP contribution in [0.2, 0.25) is 0 Å². The first kappa shape index (κ1) is 21.1. The standard InChI is InChI=1S/C19H14F6N4O2/c20-18(21,22)10-3-4-11(13(30)8-10)14-12-2-1-6-26-15(12)16(28-27-14)29-7-5-17(31,9-29)19(23,24)25/h1-4,6,8,30-31H,5,7,9H2/t17-/m1/s1.